The highest BCUT2D eigenvalue weighted by Crippen LogP contribution is 2.35. The van der Waals surface area contributed by atoms with Gasteiger partial charge in [0.2, 0.25) is 5.91 Å². The Balaban J connectivity index is 0.776. The zero-order valence-electron chi connectivity index (χ0n) is 31.6. The molecule has 14 nitrogen and oxygen atoms in total. The number of urea groups is 1. The molecule has 6 heterocycles. The quantitative estimate of drug-likeness (QED) is 0.211. The molecule has 292 valence electrons. The smallest absolute Gasteiger partial charge is 0.328 e. The number of amides is 4. The Morgan fingerprint density at radius 1 is 0.964 bits per heavy atom. The van der Waals surface area contributed by atoms with Crippen LogP contribution in [0.3, 0.4) is 0 Å². The molecule has 4 aromatic rings. The topological polar surface area (TPSA) is 162 Å². The van der Waals surface area contributed by atoms with Gasteiger partial charge >= 0.3 is 6.03 Å². The van der Waals surface area contributed by atoms with Crippen molar-refractivity contribution >= 4 is 51.9 Å². The summed E-state index contributed by atoms with van der Waals surface area (Å²) in [5, 5.41) is 24.8. The van der Waals surface area contributed by atoms with Crippen molar-refractivity contribution in [3.8, 4) is 11.8 Å². The number of hydrogen-bond donors (Lipinski definition) is 2. The van der Waals surface area contributed by atoms with Crippen molar-refractivity contribution in [1.29, 1.82) is 5.26 Å². The number of hydrogen-bond acceptors (Lipinski definition) is 10. The number of halogens is 1. The maximum atomic E-state index is 13.0. The summed E-state index contributed by atoms with van der Waals surface area (Å²) in [4.78, 5) is 48.3. The molecule has 3 saturated heterocycles. The van der Waals surface area contributed by atoms with Gasteiger partial charge in [-0.1, -0.05) is 11.6 Å². The number of benzene rings is 1. The third-order valence-corrected chi connectivity index (χ3v) is 12.6. The average molecular weight is 779 g/mol. The zero-order valence-corrected chi connectivity index (χ0v) is 32.3. The standard InChI is InChI=1S/C41H47ClN10O4/c1-26(49-18-12-30(13-19-49)51-20-14-33-36(51)24-44-25-37(33)52-21-15-39(53)46-41(52)55)27-10-16-50(17-11-27)38-9-8-35(47-48-38)40(54)45-29-3-6-31(7-4-29)56-32-5-2-28(23-43)34(42)22-32/h2,5,8-9,14,20,22,24-27,29-31H,3-4,6-7,10-13,15-19,21H2,1H3,(H,45,54)(H,46,53,55)/t26?,29-,31-. The Morgan fingerprint density at radius 3 is 2.45 bits per heavy atom. The van der Waals surface area contributed by atoms with Crippen molar-refractivity contribution in [2.75, 3.05) is 42.5 Å². The first-order valence-corrected chi connectivity index (χ1v) is 20.2. The maximum absolute atomic E-state index is 13.0. The van der Waals surface area contributed by atoms with E-state index in [-0.39, 0.29) is 30.4 Å². The molecule has 2 N–H and O–H groups in total. The molecule has 4 fully saturated rings. The number of carbonyl (C=O) groups excluding carboxylic acids is 3. The number of pyridine rings is 1. The summed E-state index contributed by atoms with van der Waals surface area (Å²) >= 11 is 6.15. The van der Waals surface area contributed by atoms with Crippen molar-refractivity contribution in [3.63, 3.8) is 0 Å². The van der Waals surface area contributed by atoms with E-state index in [1.807, 2.05) is 12.3 Å². The maximum Gasteiger partial charge on any atom is 0.328 e. The molecule has 56 heavy (non-hydrogen) atoms. The molecule has 1 aromatic carbocycles. The monoisotopic (exact) mass is 778 g/mol. The molecule has 3 aliphatic heterocycles. The number of fused-ring (bicyclic) bond motifs is 1. The van der Waals surface area contributed by atoms with Gasteiger partial charge in [0.05, 0.1) is 40.3 Å². The van der Waals surface area contributed by atoms with Crippen LogP contribution in [0.25, 0.3) is 10.9 Å². The number of nitrogens with zero attached hydrogens (tertiary/aromatic N) is 8. The van der Waals surface area contributed by atoms with E-state index in [9.17, 15) is 14.4 Å². The molecule has 1 saturated carbocycles. The third-order valence-electron chi connectivity index (χ3n) is 12.2. The van der Waals surface area contributed by atoms with Gasteiger partial charge in [0.15, 0.2) is 11.5 Å². The van der Waals surface area contributed by atoms with Gasteiger partial charge in [0.25, 0.3) is 5.91 Å². The SMILES string of the molecule is CC(C1CCN(c2ccc(C(=O)N[C@H]3CC[C@H](Oc4ccc(C#N)c(Cl)c4)CC3)nn2)CC1)N1CCC(n2ccc3c(N4CCC(=O)NC4=O)cncc32)CC1. The molecule has 0 bridgehead atoms. The number of anilines is 2. The van der Waals surface area contributed by atoms with Crippen LogP contribution >= 0.6 is 11.6 Å². The Hall–Kier alpha value is -5.26. The lowest BCUT2D eigenvalue weighted by atomic mass is 9.88. The number of nitrogens with one attached hydrogen (secondary N) is 2. The van der Waals surface area contributed by atoms with Gasteiger partial charge in [0.1, 0.15) is 11.8 Å². The lowest BCUT2D eigenvalue weighted by Gasteiger charge is -2.43. The molecule has 0 spiro atoms. The van der Waals surface area contributed by atoms with Crippen molar-refractivity contribution in [1.82, 2.24) is 35.3 Å². The van der Waals surface area contributed by atoms with Crippen LogP contribution in [0.5, 0.6) is 5.75 Å². The highest BCUT2D eigenvalue weighted by atomic mass is 35.5. The molecule has 1 unspecified atom stereocenters. The number of rotatable bonds is 9. The second-order valence-electron chi connectivity index (χ2n) is 15.5. The molecule has 1 aliphatic carbocycles. The van der Waals surface area contributed by atoms with Gasteiger partial charge in [-0.2, -0.15) is 5.26 Å². The summed E-state index contributed by atoms with van der Waals surface area (Å²) in [5.41, 5.74) is 2.50. The van der Waals surface area contributed by atoms with Crippen LogP contribution in [0.4, 0.5) is 16.3 Å². The van der Waals surface area contributed by atoms with Gasteiger partial charge in [0, 0.05) is 74.9 Å². The molecule has 1 atom stereocenters. The third kappa shape index (κ3) is 8.01. The highest BCUT2D eigenvalue weighted by Gasteiger charge is 2.33. The van der Waals surface area contributed by atoms with Crippen LogP contribution in [0.1, 0.15) is 86.8 Å². The normalized spacial score (nSPS) is 22.1. The van der Waals surface area contributed by atoms with Crippen molar-refractivity contribution < 1.29 is 19.1 Å². The van der Waals surface area contributed by atoms with E-state index in [1.165, 1.54) is 0 Å². The van der Waals surface area contributed by atoms with Crippen LogP contribution in [-0.4, -0.2) is 93.4 Å². The highest BCUT2D eigenvalue weighted by molar-refractivity contribution is 6.31. The molecule has 8 rings (SSSR count). The number of ether oxygens (including phenoxy) is 1. The Labute approximate surface area is 331 Å². The van der Waals surface area contributed by atoms with E-state index in [0.717, 1.165) is 100.0 Å². The molecular weight excluding hydrogens is 732 g/mol. The number of nitriles is 1. The first-order chi connectivity index (χ1) is 27.2. The fourth-order valence-electron chi connectivity index (χ4n) is 8.92. The Kier molecular flexibility index (Phi) is 11.1. The summed E-state index contributed by atoms with van der Waals surface area (Å²) in [7, 11) is 0. The molecule has 15 heteroatoms. The van der Waals surface area contributed by atoms with E-state index in [0.29, 0.717) is 46.6 Å². The molecule has 3 aromatic heterocycles. The van der Waals surface area contributed by atoms with Crippen LogP contribution < -0.4 is 25.2 Å². The molecule has 4 aliphatic rings. The van der Waals surface area contributed by atoms with Crippen LogP contribution in [0.2, 0.25) is 5.02 Å². The van der Waals surface area contributed by atoms with Gasteiger partial charge in [-0.25, -0.2) is 4.79 Å². The van der Waals surface area contributed by atoms with E-state index >= 15 is 0 Å². The summed E-state index contributed by atoms with van der Waals surface area (Å²) in [6.45, 7) is 6.57. The van der Waals surface area contributed by atoms with Gasteiger partial charge in [-0.3, -0.25) is 24.8 Å². The first kappa shape index (κ1) is 37.7. The summed E-state index contributed by atoms with van der Waals surface area (Å²) < 4.78 is 8.40. The summed E-state index contributed by atoms with van der Waals surface area (Å²) in [6, 6.07) is 13.4. The summed E-state index contributed by atoms with van der Waals surface area (Å²) in [6.07, 6.45) is 13.4. The van der Waals surface area contributed by atoms with Gasteiger partial charge in [-0.05, 0) is 94.5 Å². The predicted molar refractivity (Wildman–Crippen MR) is 212 cm³/mol. The van der Waals surface area contributed by atoms with E-state index < -0.39 is 6.03 Å². The van der Waals surface area contributed by atoms with Crippen LogP contribution in [0.15, 0.2) is 55.0 Å². The minimum atomic E-state index is -0.395. The first-order valence-electron chi connectivity index (χ1n) is 19.8. The van der Waals surface area contributed by atoms with Crippen LogP contribution in [-0.2, 0) is 4.79 Å². The number of likely N-dealkylation sites (tertiary alicyclic amines) is 1. The Bertz CT molecular complexity index is 2110. The van der Waals surface area contributed by atoms with E-state index in [4.69, 9.17) is 21.6 Å². The minimum Gasteiger partial charge on any atom is -0.490 e. The van der Waals surface area contributed by atoms with Crippen molar-refractivity contribution in [2.24, 2.45) is 5.92 Å². The van der Waals surface area contributed by atoms with Crippen molar-refractivity contribution in [3.05, 3.63) is 71.3 Å². The van der Waals surface area contributed by atoms with Crippen molar-refractivity contribution in [2.45, 2.75) is 88.9 Å². The number of imide groups is 1. The van der Waals surface area contributed by atoms with Crippen LogP contribution in [0, 0.1) is 17.2 Å². The van der Waals surface area contributed by atoms with E-state index in [1.54, 1.807) is 35.4 Å². The second kappa shape index (κ2) is 16.5. The second-order valence-corrected chi connectivity index (χ2v) is 15.9. The number of piperidine rings is 2. The fraction of sp³-hybridized carbons (Fsp3) is 0.488. The average Bonchev–Trinajstić information content (AvgIpc) is 3.66. The van der Waals surface area contributed by atoms with E-state index in [2.05, 4.69) is 65.4 Å². The summed E-state index contributed by atoms with van der Waals surface area (Å²) in [5.74, 6) is 1.59. The molecule has 4 amide bonds. The Morgan fingerprint density at radius 2 is 1.75 bits per heavy atom. The molecular formula is C41H47ClN10O4. The van der Waals surface area contributed by atoms with Gasteiger partial charge in [-0.15, -0.1) is 10.2 Å². The largest absolute Gasteiger partial charge is 0.490 e. The lowest BCUT2D eigenvalue weighted by Crippen LogP contribution is -2.49. The predicted octanol–water partition coefficient (Wildman–Crippen LogP) is 5.86. The lowest BCUT2D eigenvalue weighted by molar-refractivity contribution is -0.120. The number of aromatic nitrogens is 4. The number of carbonyl (C=O) groups is 3. The molecule has 0 radical (unpaired) electrons. The minimum absolute atomic E-state index is 0.0313. The fourth-order valence-corrected chi connectivity index (χ4v) is 9.13. The van der Waals surface area contributed by atoms with Gasteiger partial charge < -0.3 is 24.4 Å². The zero-order chi connectivity index (χ0) is 38.8.